The minimum absolute atomic E-state index is 0.0346. The van der Waals surface area contributed by atoms with Gasteiger partial charge in [-0.1, -0.05) is 58.4 Å². The third-order valence-electron chi connectivity index (χ3n) is 5.00. The van der Waals surface area contributed by atoms with E-state index in [4.69, 9.17) is 0 Å². The molecule has 0 aliphatic carbocycles. The maximum atomic E-state index is 12.8. The monoisotopic (exact) mass is 409 g/mol. The minimum Gasteiger partial charge on any atom is -0.337 e. The number of nitrogens with zero attached hydrogens (tertiary/aromatic N) is 2. The number of likely N-dealkylation sites (tertiary alicyclic amines) is 1. The number of carbonyl (C=O) groups excluding carboxylic acids is 1. The number of piperidine rings is 1. The summed E-state index contributed by atoms with van der Waals surface area (Å²) < 4.78 is 1.02. The van der Waals surface area contributed by atoms with Crippen LogP contribution in [0, 0.1) is 0 Å². The van der Waals surface area contributed by atoms with Crippen molar-refractivity contribution in [1.82, 2.24) is 15.1 Å². The lowest BCUT2D eigenvalue weighted by Crippen LogP contribution is -2.38. The highest BCUT2D eigenvalue weighted by molar-refractivity contribution is 9.10. The fourth-order valence-corrected chi connectivity index (χ4v) is 3.78. The van der Waals surface area contributed by atoms with Crippen LogP contribution in [0.3, 0.4) is 0 Å². The largest absolute Gasteiger partial charge is 0.337 e. The number of halogens is 1. The maximum absolute atomic E-state index is 12.8. The summed E-state index contributed by atoms with van der Waals surface area (Å²) in [5, 5.41) is 7.21. The molecule has 5 heteroatoms. The van der Waals surface area contributed by atoms with Crippen LogP contribution in [-0.4, -0.2) is 34.1 Å². The van der Waals surface area contributed by atoms with E-state index in [0.29, 0.717) is 11.6 Å². The number of hydrogen-bond acceptors (Lipinski definition) is 2. The van der Waals surface area contributed by atoms with Gasteiger partial charge in [-0.3, -0.25) is 9.89 Å². The number of H-pyrrole nitrogens is 1. The molecule has 3 aromatic rings. The average Bonchev–Trinajstić information content (AvgIpc) is 3.19. The molecule has 1 aliphatic heterocycles. The third-order valence-corrected chi connectivity index (χ3v) is 5.53. The van der Waals surface area contributed by atoms with Crippen molar-refractivity contribution >= 4 is 21.8 Å². The lowest BCUT2D eigenvalue weighted by atomic mass is 9.89. The normalized spacial score (nSPS) is 15.2. The van der Waals surface area contributed by atoms with Gasteiger partial charge in [0.1, 0.15) is 5.69 Å². The second-order valence-electron chi connectivity index (χ2n) is 6.65. The van der Waals surface area contributed by atoms with E-state index in [2.05, 4.69) is 50.4 Å². The van der Waals surface area contributed by atoms with Crippen molar-refractivity contribution in [2.45, 2.75) is 18.8 Å². The molecule has 26 heavy (non-hydrogen) atoms. The molecule has 1 aliphatic rings. The summed E-state index contributed by atoms with van der Waals surface area (Å²) in [5.74, 6) is 0.577. The molecule has 4 nitrogen and oxygen atoms in total. The van der Waals surface area contributed by atoms with Gasteiger partial charge in [0.25, 0.3) is 5.91 Å². The van der Waals surface area contributed by atoms with Gasteiger partial charge < -0.3 is 4.90 Å². The molecule has 0 spiro atoms. The Balaban J connectivity index is 1.42. The summed E-state index contributed by atoms with van der Waals surface area (Å²) in [7, 11) is 0. The topological polar surface area (TPSA) is 49.0 Å². The van der Waals surface area contributed by atoms with Gasteiger partial charge in [0.15, 0.2) is 0 Å². The van der Waals surface area contributed by atoms with Crippen LogP contribution >= 0.6 is 15.9 Å². The smallest absolute Gasteiger partial charge is 0.271 e. The molecule has 132 valence electrons. The van der Waals surface area contributed by atoms with Crippen LogP contribution in [0.1, 0.15) is 34.8 Å². The van der Waals surface area contributed by atoms with Crippen molar-refractivity contribution in [1.29, 1.82) is 0 Å². The quantitative estimate of drug-likeness (QED) is 0.671. The SMILES string of the molecule is O=C(c1cc(-c2ccc(Br)cc2)n[nH]1)N1CCC(c2ccccc2)CC1. The fraction of sp³-hybridized carbons (Fsp3) is 0.238. The van der Waals surface area contributed by atoms with Crippen molar-refractivity contribution in [2.75, 3.05) is 13.1 Å². The molecular formula is C21H20BrN3O. The Morgan fingerprint density at radius 3 is 2.42 bits per heavy atom. The van der Waals surface area contributed by atoms with Gasteiger partial charge in [-0.25, -0.2) is 0 Å². The Hall–Kier alpha value is -2.40. The molecule has 0 saturated carbocycles. The first-order valence-electron chi connectivity index (χ1n) is 8.86. The third kappa shape index (κ3) is 3.58. The molecule has 1 saturated heterocycles. The number of benzene rings is 2. The van der Waals surface area contributed by atoms with E-state index in [0.717, 1.165) is 41.7 Å². The van der Waals surface area contributed by atoms with Crippen LogP contribution in [0.5, 0.6) is 0 Å². The zero-order chi connectivity index (χ0) is 17.9. The van der Waals surface area contributed by atoms with Crippen molar-refractivity contribution in [3.63, 3.8) is 0 Å². The van der Waals surface area contributed by atoms with Gasteiger partial charge in [-0.05, 0) is 42.5 Å². The van der Waals surface area contributed by atoms with E-state index in [1.807, 2.05) is 41.3 Å². The molecule has 0 unspecified atom stereocenters. The van der Waals surface area contributed by atoms with Gasteiger partial charge in [0, 0.05) is 23.1 Å². The molecule has 0 atom stereocenters. The highest BCUT2D eigenvalue weighted by Crippen LogP contribution is 2.28. The Kier molecular flexibility index (Phi) is 4.89. The van der Waals surface area contributed by atoms with Crippen molar-refractivity contribution in [3.8, 4) is 11.3 Å². The summed E-state index contributed by atoms with van der Waals surface area (Å²) in [4.78, 5) is 14.7. The number of nitrogens with one attached hydrogen (secondary N) is 1. The molecule has 4 rings (SSSR count). The minimum atomic E-state index is 0.0346. The fourth-order valence-electron chi connectivity index (χ4n) is 3.51. The van der Waals surface area contributed by atoms with E-state index in [1.54, 1.807) is 0 Å². The van der Waals surface area contributed by atoms with E-state index >= 15 is 0 Å². The highest BCUT2D eigenvalue weighted by atomic mass is 79.9. The molecule has 1 N–H and O–H groups in total. The number of aromatic nitrogens is 2. The maximum Gasteiger partial charge on any atom is 0.271 e. The average molecular weight is 410 g/mol. The van der Waals surface area contributed by atoms with Crippen LogP contribution in [0.25, 0.3) is 11.3 Å². The van der Waals surface area contributed by atoms with E-state index in [9.17, 15) is 4.79 Å². The van der Waals surface area contributed by atoms with Crippen LogP contribution < -0.4 is 0 Å². The Labute approximate surface area is 161 Å². The van der Waals surface area contributed by atoms with Crippen LogP contribution in [0.15, 0.2) is 65.1 Å². The summed E-state index contributed by atoms with van der Waals surface area (Å²) in [6, 6.07) is 20.3. The van der Waals surface area contributed by atoms with Crippen molar-refractivity contribution < 1.29 is 4.79 Å². The molecule has 1 fully saturated rings. The molecule has 2 aromatic carbocycles. The second-order valence-corrected chi connectivity index (χ2v) is 7.57. The predicted molar refractivity (Wildman–Crippen MR) is 106 cm³/mol. The van der Waals surface area contributed by atoms with Gasteiger partial charge in [0.2, 0.25) is 0 Å². The lowest BCUT2D eigenvalue weighted by Gasteiger charge is -2.31. The van der Waals surface area contributed by atoms with Gasteiger partial charge >= 0.3 is 0 Å². The summed E-state index contributed by atoms with van der Waals surface area (Å²) >= 11 is 3.43. The van der Waals surface area contributed by atoms with Gasteiger partial charge in [-0.15, -0.1) is 0 Å². The highest BCUT2D eigenvalue weighted by Gasteiger charge is 2.25. The number of amides is 1. The number of carbonyl (C=O) groups is 1. The van der Waals surface area contributed by atoms with Crippen LogP contribution in [-0.2, 0) is 0 Å². The molecule has 1 amide bonds. The van der Waals surface area contributed by atoms with Crippen molar-refractivity contribution in [2.24, 2.45) is 0 Å². The lowest BCUT2D eigenvalue weighted by molar-refractivity contribution is 0.0707. The molecule has 0 radical (unpaired) electrons. The molecular weight excluding hydrogens is 390 g/mol. The van der Waals surface area contributed by atoms with Crippen molar-refractivity contribution in [3.05, 3.63) is 76.4 Å². The first-order valence-corrected chi connectivity index (χ1v) is 9.65. The summed E-state index contributed by atoms with van der Waals surface area (Å²) in [6.07, 6.45) is 2.01. The van der Waals surface area contributed by atoms with Crippen LogP contribution in [0.2, 0.25) is 0 Å². The zero-order valence-electron chi connectivity index (χ0n) is 14.4. The first-order chi connectivity index (χ1) is 12.7. The Bertz CT molecular complexity index is 881. The number of rotatable bonds is 3. The standard InChI is InChI=1S/C21H20BrN3O/c22-18-8-6-17(7-9-18)19-14-20(24-23-19)21(26)25-12-10-16(11-13-25)15-4-2-1-3-5-15/h1-9,14,16H,10-13H2,(H,23,24). The number of hydrogen-bond donors (Lipinski definition) is 1. The molecule has 0 bridgehead atoms. The van der Waals surface area contributed by atoms with Crippen LogP contribution in [0.4, 0.5) is 0 Å². The Morgan fingerprint density at radius 2 is 1.73 bits per heavy atom. The van der Waals surface area contributed by atoms with Gasteiger partial charge in [-0.2, -0.15) is 5.10 Å². The zero-order valence-corrected chi connectivity index (χ0v) is 15.9. The Morgan fingerprint density at radius 1 is 1.04 bits per heavy atom. The van der Waals surface area contributed by atoms with E-state index < -0.39 is 0 Å². The van der Waals surface area contributed by atoms with E-state index in [1.165, 1.54) is 5.56 Å². The molecule has 2 heterocycles. The van der Waals surface area contributed by atoms with Gasteiger partial charge in [0.05, 0.1) is 5.69 Å². The summed E-state index contributed by atoms with van der Waals surface area (Å²) in [6.45, 7) is 1.57. The second kappa shape index (κ2) is 7.46. The van der Waals surface area contributed by atoms with E-state index in [-0.39, 0.29) is 5.91 Å². The molecule has 1 aromatic heterocycles. The number of aromatic amines is 1. The summed E-state index contributed by atoms with van der Waals surface area (Å²) in [5.41, 5.74) is 3.71. The predicted octanol–water partition coefficient (Wildman–Crippen LogP) is 4.86. The first kappa shape index (κ1) is 17.0.